The van der Waals surface area contributed by atoms with Gasteiger partial charge < -0.3 is 9.53 Å². The molecule has 0 aromatic heterocycles. The molecule has 0 radical (unpaired) electrons. The summed E-state index contributed by atoms with van der Waals surface area (Å²) in [6, 6.07) is 0. The first-order valence-electron chi connectivity index (χ1n) is 4.84. The van der Waals surface area contributed by atoms with Crippen LogP contribution in [-0.4, -0.2) is 18.5 Å². The lowest BCUT2D eigenvalue weighted by atomic mass is 9.91. The number of rotatable bonds is 5. The second kappa shape index (κ2) is 4.05. The van der Waals surface area contributed by atoms with E-state index >= 15 is 0 Å². The summed E-state index contributed by atoms with van der Waals surface area (Å²) in [6.07, 6.45) is 5.24. The van der Waals surface area contributed by atoms with Crippen molar-refractivity contribution in [2.24, 2.45) is 5.92 Å². The van der Waals surface area contributed by atoms with Crippen molar-refractivity contribution in [1.82, 2.24) is 0 Å². The molecular weight excluding hydrogens is 164 g/mol. The minimum atomic E-state index is -0.421. The van der Waals surface area contributed by atoms with Crippen molar-refractivity contribution in [3.05, 3.63) is 11.6 Å². The minimum Gasteiger partial charge on any atom is -0.361 e. The van der Waals surface area contributed by atoms with Gasteiger partial charge in [-0.05, 0) is 32.6 Å². The molecule has 0 aliphatic carbocycles. The van der Waals surface area contributed by atoms with Crippen LogP contribution in [0, 0.1) is 5.92 Å². The average molecular weight is 182 g/mol. The van der Waals surface area contributed by atoms with Crippen LogP contribution in [0.5, 0.6) is 0 Å². The number of carbonyl (C=O) groups is 1. The van der Waals surface area contributed by atoms with Crippen LogP contribution in [0.1, 0.15) is 33.6 Å². The van der Waals surface area contributed by atoms with E-state index in [1.54, 1.807) is 0 Å². The molecule has 13 heavy (non-hydrogen) atoms. The van der Waals surface area contributed by atoms with Crippen LogP contribution in [0.2, 0.25) is 0 Å². The van der Waals surface area contributed by atoms with E-state index in [1.807, 2.05) is 0 Å². The number of aldehydes is 1. The van der Waals surface area contributed by atoms with Crippen LogP contribution >= 0.6 is 0 Å². The molecule has 0 amide bonds. The predicted molar refractivity (Wildman–Crippen MR) is 52.6 cm³/mol. The molecule has 2 heteroatoms. The van der Waals surface area contributed by atoms with Crippen LogP contribution in [-0.2, 0) is 9.53 Å². The van der Waals surface area contributed by atoms with Crippen molar-refractivity contribution in [1.29, 1.82) is 0 Å². The topological polar surface area (TPSA) is 29.6 Å². The van der Waals surface area contributed by atoms with Gasteiger partial charge in [-0.1, -0.05) is 18.6 Å². The maximum absolute atomic E-state index is 10.7. The molecule has 0 N–H and O–H groups in total. The van der Waals surface area contributed by atoms with Gasteiger partial charge in [-0.25, -0.2) is 0 Å². The number of carbonyl (C=O) groups excluding carboxylic acids is 1. The Morgan fingerprint density at radius 3 is 2.62 bits per heavy atom. The Hall–Kier alpha value is -0.630. The summed E-state index contributed by atoms with van der Waals surface area (Å²) in [4.78, 5) is 10.7. The third-order valence-electron chi connectivity index (χ3n) is 2.66. The zero-order chi connectivity index (χ0) is 9.90. The molecule has 0 aromatic rings. The summed E-state index contributed by atoms with van der Waals surface area (Å²) in [5, 5.41) is 0. The van der Waals surface area contributed by atoms with Crippen molar-refractivity contribution in [3.63, 3.8) is 0 Å². The van der Waals surface area contributed by atoms with Gasteiger partial charge in [0.05, 0.1) is 6.61 Å². The molecule has 2 atom stereocenters. The third kappa shape index (κ3) is 2.66. The lowest BCUT2D eigenvalue weighted by Gasteiger charge is -2.12. The average Bonchev–Trinajstić information content (AvgIpc) is 2.83. The van der Waals surface area contributed by atoms with Gasteiger partial charge in [0.1, 0.15) is 5.60 Å². The molecule has 1 aliphatic rings. The third-order valence-corrected chi connectivity index (χ3v) is 2.66. The van der Waals surface area contributed by atoms with Crippen molar-refractivity contribution in [2.45, 2.75) is 39.2 Å². The molecule has 0 bridgehead atoms. The molecular formula is C11H18O2. The highest BCUT2D eigenvalue weighted by Gasteiger charge is 2.49. The van der Waals surface area contributed by atoms with Crippen LogP contribution in [0.15, 0.2) is 11.6 Å². The van der Waals surface area contributed by atoms with E-state index in [0.29, 0.717) is 12.5 Å². The highest BCUT2D eigenvalue weighted by atomic mass is 16.6. The SMILES string of the molecule is CC(C)=CCC[C@H](C)C1(C=O)CO1. The number of epoxide rings is 1. The smallest absolute Gasteiger partial charge is 0.154 e. The van der Waals surface area contributed by atoms with E-state index in [1.165, 1.54) is 5.57 Å². The molecule has 2 nitrogen and oxygen atoms in total. The molecule has 1 rings (SSSR count). The molecule has 0 spiro atoms. The molecule has 1 fully saturated rings. The van der Waals surface area contributed by atoms with Gasteiger partial charge in [0.2, 0.25) is 0 Å². The van der Waals surface area contributed by atoms with Gasteiger partial charge in [-0.3, -0.25) is 0 Å². The van der Waals surface area contributed by atoms with Crippen molar-refractivity contribution < 1.29 is 9.53 Å². The number of allylic oxidation sites excluding steroid dienone is 2. The first-order chi connectivity index (χ1) is 6.10. The lowest BCUT2D eigenvalue weighted by Crippen LogP contribution is -2.23. The van der Waals surface area contributed by atoms with Crippen LogP contribution in [0.4, 0.5) is 0 Å². The summed E-state index contributed by atoms with van der Waals surface area (Å²) in [6.45, 7) is 6.88. The Labute approximate surface area is 80.0 Å². The minimum absolute atomic E-state index is 0.348. The zero-order valence-electron chi connectivity index (χ0n) is 8.67. The van der Waals surface area contributed by atoms with Gasteiger partial charge in [0.25, 0.3) is 0 Å². The Morgan fingerprint density at radius 2 is 2.23 bits per heavy atom. The van der Waals surface area contributed by atoms with Gasteiger partial charge in [-0.2, -0.15) is 0 Å². The standard InChI is InChI=1S/C11H18O2/c1-9(2)5-4-6-10(3)11(7-12)8-13-11/h5,7,10H,4,6,8H2,1-3H3/t10-,11?/m0/s1. The van der Waals surface area contributed by atoms with Crippen molar-refractivity contribution in [2.75, 3.05) is 6.61 Å². The number of hydrogen-bond donors (Lipinski definition) is 0. The van der Waals surface area contributed by atoms with E-state index in [2.05, 4.69) is 26.8 Å². The molecule has 1 unspecified atom stereocenters. The van der Waals surface area contributed by atoms with Gasteiger partial charge >= 0.3 is 0 Å². The fourth-order valence-electron chi connectivity index (χ4n) is 1.42. The number of ether oxygens (including phenoxy) is 1. The summed E-state index contributed by atoms with van der Waals surface area (Å²) >= 11 is 0. The van der Waals surface area contributed by atoms with Crippen molar-refractivity contribution >= 4 is 6.29 Å². The zero-order valence-corrected chi connectivity index (χ0v) is 8.67. The van der Waals surface area contributed by atoms with Gasteiger partial charge in [0, 0.05) is 0 Å². The maximum Gasteiger partial charge on any atom is 0.154 e. The maximum atomic E-state index is 10.7. The van der Waals surface area contributed by atoms with Crippen LogP contribution in [0.25, 0.3) is 0 Å². The van der Waals surface area contributed by atoms with E-state index < -0.39 is 5.60 Å². The largest absolute Gasteiger partial charge is 0.361 e. The lowest BCUT2D eigenvalue weighted by molar-refractivity contribution is -0.113. The highest BCUT2D eigenvalue weighted by molar-refractivity contribution is 5.66. The first kappa shape index (κ1) is 10.5. The monoisotopic (exact) mass is 182 g/mol. The highest BCUT2D eigenvalue weighted by Crippen LogP contribution is 2.35. The van der Waals surface area contributed by atoms with E-state index in [4.69, 9.17) is 4.74 Å². The molecule has 74 valence electrons. The van der Waals surface area contributed by atoms with E-state index in [9.17, 15) is 4.79 Å². The Bertz CT molecular complexity index is 210. The first-order valence-corrected chi connectivity index (χ1v) is 4.84. The van der Waals surface area contributed by atoms with E-state index in [-0.39, 0.29) is 0 Å². The van der Waals surface area contributed by atoms with Crippen LogP contribution < -0.4 is 0 Å². The number of hydrogen-bond acceptors (Lipinski definition) is 2. The molecule has 0 aromatic carbocycles. The molecule has 1 aliphatic heterocycles. The Kier molecular flexibility index (Phi) is 3.26. The normalized spacial score (nSPS) is 27.9. The summed E-state index contributed by atoms with van der Waals surface area (Å²) < 4.78 is 5.18. The Balaban J connectivity index is 2.29. The Morgan fingerprint density at radius 1 is 1.62 bits per heavy atom. The quantitative estimate of drug-likeness (QED) is 0.371. The second-order valence-corrected chi connectivity index (χ2v) is 4.12. The fraction of sp³-hybridized carbons (Fsp3) is 0.727. The molecule has 1 heterocycles. The fourth-order valence-corrected chi connectivity index (χ4v) is 1.42. The van der Waals surface area contributed by atoms with E-state index in [0.717, 1.165) is 19.1 Å². The second-order valence-electron chi connectivity index (χ2n) is 4.12. The van der Waals surface area contributed by atoms with Crippen molar-refractivity contribution in [3.8, 4) is 0 Å². The van der Waals surface area contributed by atoms with Gasteiger partial charge in [0.15, 0.2) is 6.29 Å². The molecule has 1 saturated heterocycles. The molecule has 0 saturated carbocycles. The van der Waals surface area contributed by atoms with Crippen LogP contribution in [0.3, 0.4) is 0 Å². The summed E-state index contributed by atoms with van der Waals surface area (Å²) in [5.74, 6) is 0.348. The van der Waals surface area contributed by atoms with Gasteiger partial charge in [-0.15, -0.1) is 0 Å². The summed E-state index contributed by atoms with van der Waals surface area (Å²) in [5.41, 5.74) is 0.916. The predicted octanol–water partition coefficient (Wildman–Crippen LogP) is 2.34. The summed E-state index contributed by atoms with van der Waals surface area (Å²) in [7, 11) is 0.